The van der Waals surface area contributed by atoms with Crippen molar-refractivity contribution >= 4 is 21.4 Å². The van der Waals surface area contributed by atoms with Crippen LogP contribution >= 0.6 is 11.6 Å². The highest BCUT2D eigenvalue weighted by Gasteiger charge is 2.16. The van der Waals surface area contributed by atoms with Crippen molar-refractivity contribution in [2.75, 3.05) is 18.6 Å². The second kappa shape index (κ2) is 7.96. The first-order valence-electron chi connectivity index (χ1n) is 6.67. The number of nitrogens with one attached hydrogen (secondary N) is 1. The zero-order chi connectivity index (χ0) is 15.2. The number of rotatable bonds is 8. The van der Waals surface area contributed by atoms with E-state index in [-0.39, 0.29) is 17.6 Å². The summed E-state index contributed by atoms with van der Waals surface area (Å²) in [5, 5.41) is 3.64. The van der Waals surface area contributed by atoms with Crippen LogP contribution < -0.4 is 5.32 Å². The molecule has 0 aliphatic heterocycles. The van der Waals surface area contributed by atoms with Crippen molar-refractivity contribution in [3.05, 3.63) is 34.6 Å². The highest BCUT2D eigenvalue weighted by molar-refractivity contribution is 7.90. The van der Waals surface area contributed by atoms with Gasteiger partial charge in [0.2, 0.25) is 0 Å². The van der Waals surface area contributed by atoms with E-state index < -0.39 is 9.84 Å². The summed E-state index contributed by atoms with van der Waals surface area (Å²) in [5.41, 5.74) is 0.441. The molecule has 0 aliphatic rings. The molecular formula is C14H21ClFNO2S. The SMILES string of the molecule is CCCNC(CCS(C)(=O)=O)Cc1c(F)cccc1Cl. The van der Waals surface area contributed by atoms with Gasteiger partial charge in [-0.15, -0.1) is 0 Å². The molecule has 3 nitrogen and oxygen atoms in total. The molecule has 0 aromatic heterocycles. The molecule has 0 amide bonds. The van der Waals surface area contributed by atoms with E-state index in [1.807, 2.05) is 6.92 Å². The Kier molecular flexibility index (Phi) is 6.92. The molecule has 1 aromatic carbocycles. The fraction of sp³-hybridized carbons (Fsp3) is 0.571. The Morgan fingerprint density at radius 1 is 1.40 bits per heavy atom. The molecule has 1 rings (SSSR count). The smallest absolute Gasteiger partial charge is 0.147 e. The van der Waals surface area contributed by atoms with Crippen LogP contribution in [-0.2, 0) is 16.3 Å². The second-order valence-corrected chi connectivity index (χ2v) is 7.64. The van der Waals surface area contributed by atoms with Crippen molar-refractivity contribution in [3.8, 4) is 0 Å². The summed E-state index contributed by atoms with van der Waals surface area (Å²) < 4.78 is 36.3. The van der Waals surface area contributed by atoms with Gasteiger partial charge in [0.05, 0.1) is 5.75 Å². The van der Waals surface area contributed by atoms with Crippen LogP contribution in [0.15, 0.2) is 18.2 Å². The monoisotopic (exact) mass is 321 g/mol. The minimum absolute atomic E-state index is 0.0838. The van der Waals surface area contributed by atoms with Gasteiger partial charge in [-0.25, -0.2) is 12.8 Å². The first kappa shape index (κ1) is 17.4. The summed E-state index contributed by atoms with van der Waals surface area (Å²) in [6.07, 6.45) is 2.98. The van der Waals surface area contributed by atoms with Gasteiger partial charge in [0.25, 0.3) is 0 Å². The Morgan fingerprint density at radius 2 is 2.10 bits per heavy atom. The molecule has 1 unspecified atom stereocenters. The fourth-order valence-corrected chi connectivity index (χ4v) is 2.91. The summed E-state index contributed by atoms with van der Waals surface area (Å²) in [6, 6.07) is 4.48. The van der Waals surface area contributed by atoms with E-state index in [1.165, 1.54) is 12.3 Å². The number of benzene rings is 1. The number of halogens is 2. The minimum atomic E-state index is -3.02. The highest BCUT2D eigenvalue weighted by atomic mass is 35.5. The highest BCUT2D eigenvalue weighted by Crippen LogP contribution is 2.21. The van der Waals surface area contributed by atoms with Gasteiger partial charge in [0.1, 0.15) is 15.7 Å². The molecule has 114 valence electrons. The van der Waals surface area contributed by atoms with Crippen molar-refractivity contribution in [2.45, 2.75) is 32.2 Å². The van der Waals surface area contributed by atoms with Crippen molar-refractivity contribution in [1.29, 1.82) is 0 Å². The maximum atomic E-state index is 13.8. The van der Waals surface area contributed by atoms with E-state index in [2.05, 4.69) is 5.32 Å². The van der Waals surface area contributed by atoms with Gasteiger partial charge in [-0.2, -0.15) is 0 Å². The summed E-state index contributed by atoms with van der Waals surface area (Å²) in [4.78, 5) is 0. The van der Waals surface area contributed by atoms with Crippen LogP contribution in [0.3, 0.4) is 0 Å². The zero-order valence-electron chi connectivity index (χ0n) is 11.8. The van der Waals surface area contributed by atoms with Crippen LogP contribution in [0.4, 0.5) is 4.39 Å². The molecule has 0 saturated carbocycles. The maximum absolute atomic E-state index is 13.8. The third-order valence-corrected chi connectivity index (χ3v) is 4.36. The average molecular weight is 322 g/mol. The number of sulfone groups is 1. The first-order valence-corrected chi connectivity index (χ1v) is 9.11. The van der Waals surface area contributed by atoms with Crippen molar-refractivity contribution in [2.24, 2.45) is 0 Å². The summed E-state index contributed by atoms with van der Waals surface area (Å²) >= 11 is 6.01. The molecule has 20 heavy (non-hydrogen) atoms. The second-order valence-electron chi connectivity index (χ2n) is 4.97. The molecule has 0 bridgehead atoms. The van der Waals surface area contributed by atoms with Gasteiger partial charge in [-0.3, -0.25) is 0 Å². The minimum Gasteiger partial charge on any atom is -0.314 e. The van der Waals surface area contributed by atoms with Crippen LogP contribution in [-0.4, -0.2) is 33.0 Å². The molecule has 1 atom stereocenters. The maximum Gasteiger partial charge on any atom is 0.147 e. The lowest BCUT2D eigenvalue weighted by atomic mass is 10.0. The van der Waals surface area contributed by atoms with Crippen molar-refractivity contribution in [1.82, 2.24) is 5.32 Å². The molecule has 0 fully saturated rings. The molecular weight excluding hydrogens is 301 g/mol. The molecule has 0 radical (unpaired) electrons. The molecule has 0 saturated heterocycles. The Morgan fingerprint density at radius 3 is 2.65 bits per heavy atom. The van der Waals surface area contributed by atoms with Gasteiger partial charge >= 0.3 is 0 Å². The van der Waals surface area contributed by atoms with Gasteiger partial charge in [0.15, 0.2) is 0 Å². The summed E-state index contributed by atoms with van der Waals surface area (Å²) in [7, 11) is -3.02. The predicted octanol–water partition coefficient (Wildman–Crippen LogP) is 2.82. The lowest BCUT2D eigenvalue weighted by Crippen LogP contribution is -2.34. The molecule has 0 aliphatic carbocycles. The molecule has 0 heterocycles. The van der Waals surface area contributed by atoms with Gasteiger partial charge < -0.3 is 5.32 Å². The Balaban J connectivity index is 2.78. The van der Waals surface area contributed by atoms with Gasteiger partial charge in [-0.1, -0.05) is 24.6 Å². The fourth-order valence-electron chi connectivity index (χ4n) is 1.95. The third kappa shape index (κ3) is 6.20. The van der Waals surface area contributed by atoms with E-state index in [4.69, 9.17) is 11.6 Å². The Labute approximate surface area is 125 Å². The lowest BCUT2D eigenvalue weighted by Gasteiger charge is -2.19. The average Bonchev–Trinajstić information content (AvgIpc) is 2.35. The Bertz CT molecular complexity index is 514. The number of hydrogen-bond acceptors (Lipinski definition) is 3. The lowest BCUT2D eigenvalue weighted by molar-refractivity contribution is 0.481. The zero-order valence-corrected chi connectivity index (χ0v) is 13.4. The van der Waals surface area contributed by atoms with E-state index in [1.54, 1.807) is 12.1 Å². The third-order valence-electron chi connectivity index (χ3n) is 3.03. The van der Waals surface area contributed by atoms with Crippen LogP contribution in [0.2, 0.25) is 5.02 Å². The van der Waals surface area contributed by atoms with E-state index >= 15 is 0 Å². The topological polar surface area (TPSA) is 46.2 Å². The summed E-state index contributed by atoms with van der Waals surface area (Å²) in [5.74, 6) is -0.263. The van der Waals surface area contributed by atoms with Gasteiger partial charge in [-0.05, 0) is 37.9 Å². The standard InChI is InChI=1S/C14H21ClFNO2S/c1-3-8-17-11(7-9-20(2,18)19)10-12-13(15)5-4-6-14(12)16/h4-6,11,17H,3,7-10H2,1-2H3. The Hall–Kier alpha value is -0.650. The summed E-state index contributed by atoms with van der Waals surface area (Å²) in [6.45, 7) is 2.79. The largest absolute Gasteiger partial charge is 0.314 e. The predicted molar refractivity (Wildman–Crippen MR) is 81.5 cm³/mol. The van der Waals surface area contributed by atoms with E-state index in [9.17, 15) is 12.8 Å². The number of hydrogen-bond donors (Lipinski definition) is 1. The van der Waals surface area contributed by atoms with Crippen molar-refractivity contribution in [3.63, 3.8) is 0 Å². The normalized spacial score (nSPS) is 13.4. The quantitative estimate of drug-likeness (QED) is 0.801. The van der Waals surface area contributed by atoms with Crippen LogP contribution in [0.25, 0.3) is 0 Å². The van der Waals surface area contributed by atoms with Crippen LogP contribution in [0, 0.1) is 5.82 Å². The molecule has 0 spiro atoms. The van der Waals surface area contributed by atoms with Crippen molar-refractivity contribution < 1.29 is 12.8 Å². The molecule has 6 heteroatoms. The van der Waals surface area contributed by atoms with E-state index in [0.29, 0.717) is 23.4 Å². The van der Waals surface area contributed by atoms with Gasteiger partial charge in [0, 0.05) is 22.9 Å². The van der Waals surface area contributed by atoms with E-state index in [0.717, 1.165) is 13.0 Å². The first-order chi connectivity index (χ1) is 9.33. The molecule has 1 aromatic rings. The van der Waals surface area contributed by atoms with Crippen LogP contribution in [0.5, 0.6) is 0 Å². The van der Waals surface area contributed by atoms with Crippen LogP contribution in [0.1, 0.15) is 25.3 Å². The molecule has 1 N–H and O–H groups in total.